The van der Waals surface area contributed by atoms with E-state index in [1.165, 1.54) is 0 Å². The van der Waals surface area contributed by atoms with Gasteiger partial charge in [-0.2, -0.15) is 0 Å². The molecule has 0 fully saturated rings. The Kier molecular flexibility index (Phi) is 4.84. The predicted molar refractivity (Wildman–Crippen MR) is 74.3 cm³/mol. The van der Waals surface area contributed by atoms with Crippen LogP contribution in [0.25, 0.3) is 0 Å². The van der Waals surface area contributed by atoms with E-state index in [1.807, 2.05) is 0 Å². The maximum atomic E-state index is 5.98. The normalized spacial score (nSPS) is 13.3. The Morgan fingerprint density at radius 1 is 1.00 bits per heavy atom. The highest BCUT2D eigenvalue weighted by Gasteiger charge is 2.36. The number of rotatable bonds is 2. The summed E-state index contributed by atoms with van der Waals surface area (Å²) in [5.74, 6) is 3.18. The largest absolute Gasteiger partial charge is 0.406 e. The van der Waals surface area contributed by atoms with Gasteiger partial charge >= 0.3 is 0 Å². The minimum absolute atomic E-state index is 0.286. The molecule has 0 amide bonds. The Morgan fingerprint density at radius 2 is 1.47 bits per heavy atom. The van der Waals surface area contributed by atoms with Crippen LogP contribution in [-0.2, 0) is 4.43 Å². The molecule has 0 aliphatic rings. The third kappa shape index (κ3) is 6.19. The van der Waals surface area contributed by atoms with Crippen LogP contribution in [0.4, 0.5) is 0 Å². The molecule has 88 valence electrons. The summed E-state index contributed by atoms with van der Waals surface area (Å²) in [6.07, 6.45) is 0. The van der Waals surface area contributed by atoms with Crippen molar-refractivity contribution in [3.05, 3.63) is 0 Å². The van der Waals surface area contributed by atoms with Crippen molar-refractivity contribution in [1.29, 1.82) is 0 Å². The first-order valence-corrected chi connectivity index (χ1v) is 12.0. The summed E-state index contributed by atoms with van der Waals surface area (Å²) in [6, 6.07) is 0. The molecular formula is C12H26OSi2. The van der Waals surface area contributed by atoms with Crippen molar-refractivity contribution >= 4 is 16.4 Å². The molecule has 0 aliphatic carbocycles. The van der Waals surface area contributed by atoms with Gasteiger partial charge in [-0.25, -0.2) is 0 Å². The van der Waals surface area contributed by atoms with Crippen molar-refractivity contribution in [3.8, 4) is 11.5 Å². The van der Waals surface area contributed by atoms with Gasteiger partial charge in [-0.3, -0.25) is 0 Å². The third-order valence-corrected chi connectivity index (χ3v) is 8.18. The first-order chi connectivity index (χ1) is 6.46. The van der Waals surface area contributed by atoms with E-state index in [-0.39, 0.29) is 5.04 Å². The molecular weight excluding hydrogens is 216 g/mol. The van der Waals surface area contributed by atoms with E-state index in [4.69, 9.17) is 4.43 Å². The maximum absolute atomic E-state index is 5.98. The van der Waals surface area contributed by atoms with Gasteiger partial charge in [0.05, 0.1) is 6.61 Å². The minimum Gasteiger partial charge on any atom is -0.406 e. The molecule has 0 heterocycles. The molecule has 3 heteroatoms. The zero-order valence-electron chi connectivity index (χ0n) is 11.6. The van der Waals surface area contributed by atoms with E-state index >= 15 is 0 Å². The zero-order chi connectivity index (χ0) is 12.3. The molecule has 0 N–H and O–H groups in total. The molecule has 0 aliphatic heterocycles. The van der Waals surface area contributed by atoms with Gasteiger partial charge in [-0.05, 0) is 18.1 Å². The Labute approximate surface area is 97.8 Å². The smallest absolute Gasteiger partial charge is 0.193 e. The summed E-state index contributed by atoms with van der Waals surface area (Å²) in [5.41, 5.74) is 3.33. The fourth-order valence-corrected chi connectivity index (χ4v) is 2.20. The predicted octanol–water partition coefficient (Wildman–Crippen LogP) is 3.89. The van der Waals surface area contributed by atoms with Gasteiger partial charge in [0.1, 0.15) is 8.07 Å². The molecule has 0 spiro atoms. The van der Waals surface area contributed by atoms with E-state index in [0.717, 1.165) is 0 Å². The van der Waals surface area contributed by atoms with Crippen molar-refractivity contribution < 1.29 is 4.43 Å². The zero-order valence-corrected chi connectivity index (χ0v) is 13.6. The highest BCUT2D eigenvalue weighted by Crippen LogP contribution is 2.36. The Bertz CT molecular complexity index is 258. The second-order valence-corrected chi connectivity index (χ2v) is 16.2. The molecule has 0 bridgehead atoms. The quantitative estimate of drug-likeness (QED) is 0.527. The average Bonchev–Trinajstić information content (AvgIpc) is 1.94. The third-order valence-electron chi connectivity index (χ3n) is 2.77. The van der Waals surface area contributed by atoms with Crippen LogP contribution in [0.1, 0.15) is 20.8 Å². The Morgan fingerprint density at radius 3 is 1.80 bits per heavy atom. The summed E-state index contributed by atoms with van der Waals surface area (Å²) in [5, 5.41) is 0.286. The van der Waals surface area contributed by atoms with Gasteiger partial charge in [0.2, 0.25) is 0 Å². The molecule has 1 nitrogen and oxygen atoms in total. The molecule has 0 saturated carbocycles. The van der Waals surface area contributed by atoms with E-state index < -0.39 is 16.4 Å². The van der Waals surface area contributed by atoms with Crippen LogP contribution in [0.3, 0.4) is 0 Å². The van der Waals surface area contributed by atoms with Crippen LogP contribution in [-0.4, -0.2) is 23.0 Å². The Hall–Kier alpha value is -0.0462. The lowest BCUT2D eigenvalue weighted by atomic mass is 10.2. The number of hydrogen-bond donors (Lipinski definition) is 0. The first kappa shape index (κ1) is 15.0. The molecule has 0 aromatic rings. The van der Waals surface area contributed by atoms with Gasteiger partial charge in [-0.15, -0.1) is 5.54 Å². The monoisotopic (exact) mass is 242 g/mol. The van der Waals surface area contributed by atoms with E-state index in [0.29, 0.717) is 6.61 Å². The first-order valence-electron chi connectivity index (χ1n) is 5.60. The molecule has 0 aromatic carbocycles. The molecule has 0 aromatic heterocycles. The number of hydrogen-bond acceptors (Lipinski definition) is 1. The van der Waals surface area contributed by atoms with E-state index in [9.17, 15) is 0 Å². The topological polar surface area (TPSA) is 9.23 Å². The van der Waals surface area contributed by atoms with E-state index in [2.05, 4.69) is 65.0 Å². The molecule has 15 heavy (non-hydrogen) atoms. The van der Waals surface area contributed by atoms with Gasteiger partial charge in [-0.1, -0.05) is 46.3 Å². The molecule has 0 rings (SSSR count). The maximum Gasteiger partial charge on any atom is 0.193 e. The van der Waals surface area contributed by atoms with Crippen LogP contribution < -0.4 is 0 Å². The summed E-state index contributed by atoms with van der Waals surface area (Å²) in [7, 11) is -2.81. The fraction of sp³-hybridized carbons (Fsp3) is 0.833. The van der Waals surface area contributed by atoms with Gasteiger partial charge < -0.3 is 4.43 Å². The lowest BCUT2D eigenvalue weighted by molar-refractivity contribution is 0.334. The van der Waals surface area contributed by atoms with Crippen LogP contribution in [0, 0.1) is 11.5 Å². The molecule has 0 radical (unpaired) electrons. The summed E-state index contributed by atoms with van der Waals surface area (Å²) < 4.78 is 5.98. The lowest BCUT2D eigenvalue weighted by Gasteiger charge is -2.35. The molecule has 0 atom stereocenters. The van der Waals surface area contributed by atoms with Crippen LogP contribution in [0.2, 0.25) is 37.8 Å². The highest BCUT2D eigenvalue weighted by atomic mass is 28.4. The van der Waals surface area contributed by atoms with Crippen LogP contribution in [0.15, 0.2) is 0 Å². The summed E-state index contributed by atoms with van der Waals surface area (Å²) in [4.78, 5) is 0. The molecule has 0 saturated heterocycles. The lowest BCUT2D eigenvalue weighted by Crippen LogP contribution is -2.40. The second-order valence-electron chi connectivity index (χ2n) is 6.60. The van der Waals surface area contributed by atoms with Crippen molar-refractivity contribution in [2.24, 2.45) is 0 Å². The van der Waals surface area contributed by atoms with Crippen LogP contribution >= 0.6 is 0 Å². The van der Waals surface area contributed by atoms with Crippen LogP contribution in [0.5, 0.6) is 0 Å². The van der Waals surface area contributed by atoms with Crippen molar-refractivity contribution in [1.82, 2.24) is 0 Å². The average molecular weight is 243 g/mol. The van der Waals surface area contributed by atoms with Crippen molar-refractivity contribution in [2.45, 2.75) is 58.5 Å². The minimum atomic E-state index is -1.59. The standard InChI is InChI=1S/C12H26OSi2/c1-12(2,3)15(7,8)13-10-9-11-14(4,5)6/h10H2,1-8H3. The summed E-state index contributed by atoms with van der Waals surface area (Å²) >= 11 is 0. The van der Waals surface area contributed by atoms with Gasteiger partial charge in [0, 0.05) is 0 Å². The van der Waals surface area contributed by atoms with Gasteiger partial charge in [0.25, 0.3) is 0 Å². The van der Waals surface area contributed by atoms with Gasteiger partial charge in [0.15, 0.2) is 8.32 Å². The highest BCUT2D eigenvalue weighted by molar-refractivity contribution is 6.83. The summed E-state index contributed by atoms with van der Waals surface area (Å²) in [6.45, 7) is 18.7. The molecule has 0 unspecified atom stereocenters. The van der Waals surface area contributed by atoms with Crippen molar-refractivity contribution in [3.63, 3.8) is 0 Å². The van der Waals surface area contributed by atoms with E-state index in [1.54, 1.807) is 0 Å². The van der Waals surface area contributed by atoms with Crippen molar-refractivity contribution in [2.75, 3.05) is 6.61 Å². The SMILES string of the molecule is CC(C)(C)[Si](C)(C)OCC#C[Si](C)(C)C. The second kappa shape index (κ2) is 4.86. The fourth-order valence-electron chi connectivity index (χ4n) is 0.734. The Balaban J connectivity index is 4.23.